The molecule has 1 aliphatic carbocycles. The fourth-order valence-corrected chi connectivity index (χ4v) is 4.79. The average molecular weight is 381 g/mol. The molecule has 0 amide bonds. The van der Waals surface area contributed by atoms with Gasteiger partial charge in [0.2, 0.25) is 0 Å². The molecule has 1 unspecified atom stereocenters. The molecular formula is C13H19Br2NS. The van der Waals surface area contributed by atoms with Crippen molar-refractivity contribution in [2.45, 2.75) is 51.0 Å². The lowest BCUT2D eigenvalue weighted by Crippen LogP contribution is -2.21. The van der Waals surface area contributed by atoms with Crippen LogP contribution < -0.4 is 5.73 Å². The maximum absolute atomic E-state index is 6.44. The summed E-state index contributed by atoms with van der Waals surface area (Å²) in [4.78, 5) is 1.31. The van der Waals surface area contributed by atoms with Gasteiger partial charge in [0.15, 0.2) is 0 Å². The van der Waals surface area contributed by atoms with Gasteiger partial charge in [-0.25, -0.2) is 0 Å². The number of hydrogen-bond donors (Lipinski definition) is 1. The maximum Gasteiger partial charge on any atom is 0.0843 e. The Kier molecular flexibility index (Phi) is 5.52. The van der Waals surface area contributed by atoms with Crippen LogP contribution in [0.2, 0.25) is 0 Å². The summed E-state index contributed by atoms with van der Waals surface area (Å²) in [7, 11) is 0. The van der Waals surface area contributed by atoms with E-state index in [2.05, 4.69) is 37.9 Å². The molecule has 0 radical (unpaired) electrons. The van der Waals surface area contributed by atoms with Gasteiger partial charge >= 0.3 is 0 Å². The number of halogens is 2. The minimum atomic E-state index is 0.223. The van der Waals surface area contributed by atoms with Gasteiger partial charge in [-0.3, -0.25) is 0 Å². The minimum absolute atomic E-state index is 0.223. The lowest BCUT2D eigenvalue weighted by Gasteiger charge is -2.25. The zero-order valence-corrected chi connectivity index (χ0v) is 13.9. The summed E-state index contributed by atoms with van der Waals surface area (Å²) < 4.78 is 2.30. The van der Waals surface area contributed by atoms with Crippen LogP contribution in [0.4, 0.5) is 0 Å². The summed E-state index contributed by atoms with van der Waals surface area (Å²) in [5.41, 5.74) is 6.44. The van der Waals surface area contributed by atoms with Crippen molar-refractivity contribution in [2.24, 2.45) is 11.7 Å². The van der Waals surface area contributed by atoms with Gasteiger partial charge in [0.1, 0.15) is 0 Å². The van der Waals surface area contributed by atoms with Crippen molar-refractivity contribution in [3.05, 3.63) is 19.2 Å². The molecule has 96 valence electrons. The van der Waals surface area contributed by atoms with Gasteiger partial charge in [0.25, 0.3) is 0 Å². The van der Waals surface area contributed by atoms with Crippen LogP contribution in [0.25, 0.3) is 0 Å². The molecule has 1 saturated carbocycles. The molecule has 0 aromatic carbocycles. The van der Waals surface area contributed by atoms with E-state index in [1.165, 1.54) is 49.8 Å². The van der Waals surface area contributed by atoms with E-state index in [0.717, 1.165) is 8.26 Å². The van der Waals surface area contributed by atoms with E-state index in [9.17, 15) is 0 Å². The number of hydrogen-bond acceptors (Lipinski definition) is 2. The smallest absolute Gasteiger partial charge is 0.0843 e. The van der Waals surface area contributed by atoms with Crippen molar-refractivity contribution in [3.63, 3.8) is 0 Å². The molecule has 2 rings (SSSR count). The third kappa shape index (κ3) is 3.79. The normalized spacial score (nSPS) is 20.9. The van der Waals surface area contributed by atoms with Crippen LogP contribution in [0.15, 0.2) is 14.3 Å². The molecule has 0 saturated heterocycles. The van der Waals surface area contributed by atoms with E-state index in [4.69, 9.17) is 5.73 Å². The van der Waals surface area contributed by atoms with Crippen molar-refractivity contribution in [3.8, 4) is 0 Å². The molecule has 0 aliphatic heterocycles. The first-order valence-corrected chi connectivity index (χ1v) is 8.79. The lowest BCUT2D eigenvalue weighted by molar-refractivity contribution is 0.330. The third-order valence-electron chi connectivity index (χ3n) is 3.65. The van der Waals surface area contributed by atoms with Gasteiger partial charge in [-0.05, 0) is 56.7 Å². The minimum Gasteiger partial charge on any atom is -0.323 e. The van der Waals surface area contributed by atoms with Crippen molar-refractivity contribution in [2.75, 3.05) is 0 Å². The van der Waals surface area contributed by atoms with E-state index in [1.54, 1.807) is 11.3 Å². The second kappa shape index (κ2) is 6.69. The molecule has 0 bridgehead atoms. The van der Waals surface area contributed by atoms with Gasteiger partial charge in [-0.1, -0.05) is 32.1 Å². The SMILES string of the molecule is NC(c1cc(Br)c(Br)s1)C1CCCCCCC1. The molecule has 4 heteroatoms. The fourth-order valence-electron chi connectivity index (χ4n) is 2.61. The topological polar surface area (TPSA) is 26.0 Å². The van der Waals surface area contributed by atoms with Crippen LogP contribution in [0.3, 0.4) is 0 Å². The fraction of sp³-hybridized carbons (Fsp3) is 0.692. The third-order valence-corrected chi connectivity index (χ3v) is 7.01. The monoisotopic (exact) mass is 379 g/mol. The second-order valence-corrected chi connectivity index (χ2v) is 8.16. The highest BCUT2D eigenvalue weighted by Crippen LogP contribution is 2.39. The Morgan fingerprint density at radius 3 is 2.24 bits per heavy atom. The molecule has 1 aliphatic rings. The van der Waals surface area contributed by atoms with E-state index in [1.807, 2.05) is 0 Å². The summed E-state index contributed by atoms with van der Waals surface area (Å²) in [6, 6.07) is 2.40. The highest BCUT2D eigenvalue weighted by molar-refractivity contribution is 9.13. The van der Waals surface area contributed by atoms with Crippen molar-refractivity contribution >= 4 is 43.2 Å². The van der Waals surface area contributed by atoms with Crippen LogP contribution in [0.1, 0.15) is 55.9 Å². The number of nitrogens with two attached hydrogens (primary N) is 1. The average Bonchev–Trinajstić information content (AvgIpc) is 2.58. The van der Waals surface area contributed by atoms with E-state index in [-0.39, 0.29) is 6.04 Å². The number of thiophene rings is 1. The van der Waals surface area contributed by atoms with Gasteiger partial charge in [-0.15, -0.1) is 11.3 Å². The van der Waals surface area contributed by atoms with E-state index >= 15 is 0 Å². The van der Waals surface area contributed by atoms with Crippen molar-refractivity contribution in [1.29, 1.82) is 0 Å². The Hall–Kier alpha value is 0.620. The van der Waals surface area contributed by atoms with Crippen LogP contribution in [-0.4, -0.2) is 0 Å². The highest BCUT2D eigenvalue weighted by Gasteiger charge is 2.22. The lowest BCUT2D eigenvalue weighted by atomic mass is 9.86. The van der Waals surface area contributed by atoms with E-state index in [0.29, 0.717) is 5.92 Å². The Morgan fingerprint density at radius 1 is 1.12 bits per heavy atom. The van der Waals surface area contributed by atoms with Crippen LogP contribution in [0, 0.1) is 5.92 Å². The molecule has 2 N–H and O–H groups in total. The van der Waals surface area contributed by atoms with Gasteiger partial charge < -0.3 is 5.73 Å². The van der Waals surface area contributed by atoms with E-state index < -0.39 is 0 Å². The number of rotatable bonds is 2. The molecule has 1 fully saturated rings. The van der Waals surface area contributed by atoms with Crippen LogP contribution >= 0.6 is 43.2 Å². The first kappa shape index (κ1) is 14.0. The molecule has 1 aromatic rings. The largest absolute Gasteiger partial charge is 0.323 e. The first-order chi connectivity index (χ1) is 8.18. The summed E-state index contributed by atoms with van der Waals surface area (Å²) in [6.45, 7) is 0. The Labute approximate surface area is 124 Å². The molecule has 0 spiro atoms. The summed E-state index contributed by atoms with van der Waals surface area (Å²) >= 11 is 8.87. The van der Waals surface area contributed by atoms with Crippen molar-refractivity contribution < 1.29 is 0 Å². The zero-order chi connectivity index (χ0) is 12.3. The standard InChI is InChI=1S/C13H19Br2NS/c14-10-8-11(17-13(10)15)12(16)9-6-4-2-1-3-5-7-9/h8-9,12H,1-7,16H2. The van der Waals surface area contributed by atoms with Gasteiger partial charge in [0, 0.05) is 15.4 Å². The summed E-state index contributed by atoms with van der Waals surface area (Å²) in [6.07, 6.45) is 9.50. The zero-order valence-electron chi connectivity index (χ0n) is 9.92. The molecule has 1 atom stereocenters. The molecule has 1 nitrogen and oxygen atoms in total. The molecule has 1 aromatic heterocycles. The van der Waals surface area contributed by atoms with Crippen LogP contribution in [-0.2, 0) is 0 Å². The van der Waals surface area contributed by atoms with Crippen LogP contribution in [0.5, 0.6) is 0 Å². The Bertz CT molecular complexity index is 337. The quantitative estimate of drug-likeness (QED) is 0.706. The highest BCUT2D eigenvalue weighted by atomic mass is 79.9. The second-order valence-electron chi connectivity index (χ2n) is 4.90. The summed E-state index contributed by atoms with van der Waals surface area (Å²) in [5.74, 6) is 0.674. The van der Waals surface area contributed by atoms with Crippen molar-refractivity contribution in [1.82, 2.24) is 0 Å². The molecule has 1 heterocycles. The summed E-state index contributed by atoms with van der Waals surface area (Å²) in [5, 5.41) is 0. The molecule has 17 heavy (non-hydrogen) atoms. The van der Waals surface area contributed by atoms with Gasteiger partial charge in [0.05, 0.1) is 3.79 Å². The molecular weight excluding hydrogens is 362 g/mol. The Morgan fingerprint density at radius 2 is 1.71 bits per heavy atom. The van der Waals surface area contributed by atoms with Gasteiger partial charge in [-0.2, -0.15) is 0 Å². The predicted octanol–water partition coefficient (Wildman–Crippen LogP) is 5.63. The predicted molar refractivity (Wildman–Crippen MR) is 82.5 cm³/mol. The first-order valence-electron chi connectivity index (χ1n) is 6.39. The maximum atomic E-state index is 6.44. The Balaban J connectivity index is 2.04.